The first-order valence-electron chi connectivity index (χ1n) is 5.21. The number of hydrogen-bond acceptors (Lipinski definition) is 2. The van der Waals surface area contributed by atoms with Crippen LogP contribution in [0, 0.1) is 0 Å². The van der Waals surface area contributed by atoms with Crippen molar-refractivity contribution in [1.29, 1.82) is 0 Å². The van der Waals surface area contributed by atoms with Crippen LogP contribution in [0.5, 0.6) is 0 Å². The zero-order valence-electron chi connectivity index (χ0n) is 8.28. The smallest absolute Gasteiger partial charge is 0.0681 e. The van der Waals surface area contributed by atoms with Gasteiger partial charge < -0.3 is 5.11 Å². The Bertz CT molecular complexity index is 292. The van der Waals surface area contributed by atoms with Crippen LogP contribution in [0.25, 0.3) is 0 Å². The average molecular weight is 208 g/mol. The van der Waals surface area contributed by atoms with Crippen molar-refractivity contribution in [2.24, 2.45) is 0 Å². The number of hydrogen-bond donors (Lipinski definition) is 1. The van der Waals surface area contributed by atoms with Gasteiger partial charge in [0.1, 0.15) is 0 Å². The van der Waals surface area contributed by atoms with E-state index < -0.39 is 0 Å². The fourth-order valence-electron chi connectivity index (χ4n) is 1.90. The number of rotatable bonds is 2. The molecule has 1 unspecified atom stereocenters. The molecule has 1 aromatic carbocycles. The summed E-state index contributed by atoms with van der Waals surface area (Å²) in [6.45, 7) is 0.158. The minimum absolute atomic E-state index is 0.158. The SMILES string of the molecule is OCc1cccc(C2CCCCS2)c1. The van der Waals surface area contributed by atoms with Gasteiger partial charge in [0.05, 0.1) is 6.61 Å². The first kappa shape index (κ1) is 10.1. The van der Waals surface area contributed by atoms with Gasteiger partial charge in [0, 0.05) is 5.25 Å². The van der Waals surface area contributed by atoms with Gasteiger partial charge in [0.2, 0.25) is 0 Å². The highest BCUT2D eigenvalue weighted by Crippen LogP contribution is 2.38. The molecule has 0 spiro atoms. The van der Waals surface area contributed by atoms with Crippen LogP contribution in [0.4, 0.5) is 0 Å². The number of thioether (sulfide) groups is 1. The third-order valence-corrected chi connectivity index (χ3v) is 4.12. The Balaban J connectivity index is 2.13. The van der Waals surface area contributed by atoms with E-state index in [4.69, 9.17) is 5.11 Å². The summed E-state index contributed by atoms with van der Waals surface area (Å²) in [4.78, 5) is 0. The third-order valence-electron chi connectivity index (χ3n) is 2.69. The molecule has 1 atom stereocenters. The molecule has 2 heteroatoms. The van der Waals surface area contributed by atoms with Crippen molar-refractivity contribution in [3.63, 3.8) is 0 Å². The second kappa shape index (κ2) is 4.85. The Kier molecular flexibility index (Phi) is 3.49. The van der Waals surface area contributed by atoms with Crippen molar-refractivity contribution in [2.45, 2.75) is 31.1 Å². The standard InChI is InChI=1S/C12H16OS/c13-9-10-4-3-5-11(8-10)12-6-1-2-7-14-12/h3-5,8,12-13H,1-2,6-7,9H2. The number of aliphatic hydroxyl groups is 1. The summed E-state index contributed by atoms with van der Waals surface area (Å²) < 4.78 is 0. The highest BCUT2D eigenvalue weighted by molar-refractivity contribution is 7.99. The van der Waals surface area contributed by atoms with Gasteiger partial charge in [-0.1, -0.05) is 30.7 Å². The lowest BCUT2D eigenvalue weighted by Crippen LogP contribution is -2.02. The molecular formula is C12H16OS. The molecule has 1 fully saturated rings. The van der Waals surface area contributed by atoms with E-state index in [0.717, 1.165) is 5.56 Å². The molecule has 0 aromatic heterocycles. The van der Waals surface area contributed by atoms with E-state index in [1.165, 1.54) is 30.6 Å². The molecule has 1 aromatic rings. The first-order chi connectivity index (χ1) is 6.90. The normalized spacial score (nSPS) is 22.2. The summed E-state index contributed by atoms with van der Waals surface area (Å²) in [6.07, 6.45) is 4.00. The molecule has 0 bridgehead atoms. The highest BCUT2D eigenvalue weighted by Gasteiger charge is 2.15. The van der Waals surface area contributed by atoms with Gasteiger partial charge in [-0.3, -0.25) is 0 Å². The van der Waals surface area contributed by atoms with Gasteiger partial charge in [0.15, 0.2) is 0 Å². The average Bonchev–Trinajstić information content (AvgIpc) is 2.30. The lowest BCUT2D eigenvalue weighted by Gasteiger charge is -2.21. The minimum Gasteiger partial charge on any atom is -0.392 e. The van der Waals surface area contributed by atoms with Crippen LogP contribution < -0.4 is 0 Å². The summed E-state index contributed by atoms with van der Waals surface area (Å²) in [5, 5.41) is 9.72. The summed E-state index contributed by atoms with van der Waals surface area (Å²) in [5.74, 6) is 1.29. The molecule has 2 rings (SSSR count). The summed E-state index contributed by atoms with van der Waals surface area (Å²) in [5.41, 5.74) is 2.43. The predicted octanol–water partition coefficient (Wildman–Crippen LogP) is 3.14. The van der Waals surface area contributed by atoms with Crippen molar-refractivity contribution >= 4 is 11.8 Å². The second-order valence-corrected chi connectivity index (χ2v) is 5.07. The molecule has 1 nitrogen and oxygen atoms in total. The fourth-order valence-corrected chi connectivity index (χ4v) is 3.22. The molecule has 1 aliphatic rings. The Morgan fingerprint density at radius 2 is 2.29 bits per heavy atom. The molecule has 1 saturated heterocycles. The largest absolute Gasteiger partial charge is 0.392 e. The zero-order valence-corrected chi connectivity index (χ0v) is 9.09. The first-order valence-corrected chi connectivity index (χ1v) is 6.26. The van der Waals surface area contributed by atoms with Gasteiger partial charge in [-0.05, 0) is 29.7 Å². The van der Waals surface area contributed by atoms with Crippen LogP contribution in [0.1, 0.15) is 35.6 Å². The Hall–Kier alpha value is -0.470. The van der Waals surface area contributed by atoms with Crippen LogP contribution >= 0.6 is 11.8 Å². The lowest BCUT2D eigenvalue weighted by molar-refractivity contribution is 0.281. The molecule has 14 heavy (non-hydrogen) atoms. The van der Waals surface area contributed by atoms with E-state index in [2.05, 4.69) is 30.0 Å². The van der Waals surface area contributed by atoms with E-state index in [1.54, 1.807) is 0 Å². The molecule has 0 amide bonds. The monoisotopic (exact) mass is 208 g/mol. The lowest BCUT2D eigenvalue weighted by atomic mass is 10.0. The van der Waals surface area contributed by atoms with Gasteiger partial charge in [0.25, 0.3) is 0 Å². The van der Waals surface area contributed by atoms with Crippen LogP contribution in [0.2, 0.25) is 0 Å². The number of aliphatic hydroxyl groups excluding tert-OH is 1. The summed E-state index contributed by atoms with van der Waals surface area (Å²) in [7, 11) is 0. The quantitative estimate of drug-likeness (QED) is 0.805. The molecule has 0 saturated carbocycles. The van der Waals surface area contributed by atoms with Gasteiger partial charge >= 0.3 is 0 Å². The minimum atomic E-state index is 0.158. The Morgan fingerprint density at radius 3 is 3.00 bits per heavy atom. The Labute approximate surface area is 89.5 Å². The van der Waals surface area contributed by atoms with Crippen molar-refractivity contribution in [3.8, 4) is 0 Å². The van der Waals surface area contributed by atoms with Gasteiger partial charge in [-0.15, -0.1) is 0 Å². The van der Waals surface area contributed by atoms with E-state index in [1.807, 2.05) is 6.07 Å². The molecule has 1 heterocycles. The van der Waals surface area contributed by atoms with Crippen molar-refractivity contribution < 1.29 is 5.11 Å². The molecule has 1 aliphatic heterocycles. The highest BCUT2D eigenvalue weighted by atomic mass is 32.2. The van der Waals surface area contributed by atoms with E-state index >= 15 is 0 Å². The molecule has 76 valence electrons. The van der Waals surface area contributed by atoms with E-state index in [0.29, 0.717) is 5.25 Å². The van der Waals surface area contributed by atoms with Crippen molar-refractivity contribution in [3.05, 3.63) is 35.4 Å². The predicted molar refractivity (Wildman–Crippen MR) is 61.4 cm³/mol. The van der Waals surface area contributed by atoms with E-state index in [9.17, 15) is 0 Å². The number of benzene rings is 1. The maximum Gasteiger partial charge on any atom is 0.0681 e. The summed E-state index contributed by atoms with van der Waals surface area (Å²) in [6, 6.07) is 8.36. The molecule has 0 aliphatic carbocycles. The second-order valence-electron chi connectivity index (χ2n) is 3.76. The van der Waals surface area contributed by atoms with Crippen LogP contribution in [0.3, 0.4) is 0 Å². The van der Waals surface area contributed by atoms with Crippen molar-refractivity contribution in [2.75, 3.05) is 5.75 Å². The molecule has 1 N–H and O–H groups in total. The van der Waals surface area contributed by atoms with Crippen LogP contribution in [0.15, 0.2) is 24.3 Å². The zero-order chi connectivity index (χ0) is 9.80. The molecular weight excluding hydrogens is 192 g/mol. The van der Waals surface area contributed by atoms with E-state index in [-0.39, 0.29) is 6.61 Å². The van der Waals surface area contributed by atoms with Gasteiger partial charge in [-0.25, -0.2) is 0 Å². The maximum atomic E-state index is 9.05. The third kappa shape index (κ3) is 2.31. The molecule has 0 radical (unpaired) electrons. The van der Waals surface area contributed by atoms with Crippen LogP contribution in [-0.2, 0) is 6.61 Å². The summed E-state index contributed by atoms with van der Waals surface area (Å²) >= 11 is 2.05. The van der Waals surface area contributed by atoms with Gasteiger partial charge in [-0.2, -0.15) is 11.8 Å². The van der Waals surface area contributed by atoms with Crippen molar-refractivity contribution in [1.82, 2.24) is 0 Å². The van der Waals surface area contributed by atoms with Crippen LogP contribution in [-0.4, -0.2) is 10.9 Å². The fraction of sp³-hybridized carbons (Fsp3) is 0.500. The Morgan fingerprint density at radius 1 is 1.36 bits per heavy atom. The topological polar surface area (TPSA) is 20.2 Å². The maximum absolute atomic E-state index is 9.05.